The number of rotatable bonds is 2. The van der Waals surface area contributed by atoms with Crippen molar-refractivity contribution >= 4 is 0 Å². The number of methoxy groups -OCH3 is 1. The van der Waals surface area contributed by atoms with E-state index in [4.69, 9.17) is 4.74 Å². The van der Waals surface area contributed by atoms with Crippen molar-refractivity contribution in [3.05, 3.63) is 24.0 Å². The molecule has 0 aromatic carbocycles. The largest absolute Gasteiger partial charge is 0.495 e. The fourth-order valence-corrected chi connectivity index (χ4v) is 1.68. The Bertz CT molecular complexity index is 297. The Balaban J connectivity index is 2.20. The first-order chi connectivity index (χ1) is 6.92. The van der Waals surface area contributed by atoms with Crippen LogP contribution in [0, 0.1) is 0 Å². The predicted molar refractivity (Wildman–Crippen MR) is 54.4 cm³/mol. The summed E-state index contributed by atoms with van der Waals surface area (Å²) >= 11 is 0. The first-order valence-corrected chi connectivity index (χ1v) is 4.85. The van der Waals surface area contributed by atoms with Crippen LogP contribution in [0.2, 0.25) is 0 Å². The number of hydrogen-bond donors (Lipinski definition) is 2. The molecule has 0 saturated carbocycles. The molecule has 14 heavy (non-hydrogen) atoms. The van der Waals surface area contributed by atoms with Gasteiger partial charge < -0.3 is 15.4 Å². The maximum absolute atomic E-state index is 5.27. The van der Waals surface area contributed by atoms with Gasteiger partial charge in [0.1, 0.15) is 11.4 Å². The highest BCUT2D eigenvalue weighted by Gasteiger charge is 2.18. The van der Waals surface area contributed by atoms with Crippen molar-refractivity contribution in [2.45, 2.75) is 6.04 Å². The molecule has 0 radical (unpaired) electrons. The number of nitrogens with one attached hydrogen (secondary N) is 2. The SMILES string of the molecule is COc1cccnc1C1CNCCN1. The van der Waals surface area contributed by atoms with Gasteiger partial charge in [0.25, 0.3) is 0 Å². The summed E-state index contributed by atoms with van der Waals surface area (Å²) in [5, 5.41) is 6.73. The third-order valence-corrected chi connectivity index (χ3v) is 2.39. The molecule has 4 heteroatoms. The minimum Gasteiger partial charge on any atom is -0.495 e. The summed E-state index contributed by atoms with van der Waals surface area (Å²) < 4.78 is 5.27. The van der Waals surface area contributed by atoms with Crippen molar-refractivity contribution < 1.29 is 4.74 Å². The molecule has 76 valence electrons. The number of nitrogens with zero attached hydrogens (tertiary/aromatic N) is 1. The number of ether oxygens (including phenoxy) is 1. The second-order valence-corrected chi connectivity index (χ2v) is 3.30. The van der Waals surface area contributed by atoms with Gasteiger partial charge in [-0.15, -0.1) is 0 Å². The fraction of sp³-hybridized carbons (Fsp3) is 0.500. The van der Waals surface area contributed by atoms with Gasteiger partial charge in [-0.05, 0) is 12.1 Å². The lowest BCUT2D eigenvalue weighted by Gasteiger charge is -2.25. The molecule has 1 unspecified atom stereocenters. The number of piperazine rings is 1. The van der Waals surface area contributed by atoms with Crippen molar-refractivity contribution in [2.75, 3.05) is 26.7 Å². The van der Waals surface area contributed by atoms with Crippen molar-refractivity contribution in [3.63, 3.8) is 0 Å². The molecule has 0 spiro atoms. The van der Waals surface area contributed by atoms with Crippen LogP contribution in [0.25, 0.3) is 0 Å². The van der Waals surface area contributed by atoms with Gasteiger partial charge in [0.15, 0.2) is 0 Å². The number of pyridine rings is 1. The normalized spacial score (nSPS) is 21.9. The van der Waals surface area contributed by atoms with E-state index in [9.17, 15) is 0 Å². The molecular weight excluding hydrogens is 178 g/mol. The Morgan fingerprint density at radius 3 is 3.14 bits per heavy atom. The summed E-state index contributed by atoms with van der Waals surface area (Å²) in [4.78, 5) is 4.35. The topological polar surface area (TPSA) is 46.2 Å². The Labute approximate surface area is 83.7 Å². The lowest BCUT2D eigenvalue weighted by Crippen LogP contribution is -2.43. The van der Waals surface area contributed by atoms with E-state index in [2.05, 4.69) is 15.6 Å². The van der Waals surface area contributed by atoms with Crippen molar-refractivity contribution in [2.24, 2.45) is 0 Å². The Kier molecular flexibility index (Phi) is 2.96. The van der Waals surface area contributed by atoms with E-state index >= 15 is 0 Å². The van der Waals surface area contributed by atoms with E-state index in [1.807, 2.05) is 12.1 Å². The number of aromatic nitrogens is 1. The fourth-order valence-electron chi connectivity index (χ4n) is 1.68. The van der Waals surface area contributed by atoms with Gasteiger partial charge in [0.05, 0.1) is 13.2 Å². The molecule has 2 N–H and O–H groups in total. The molecule has 1 fully saturated rings. The molecule has 1 aliphatic heterocycles. The van der Waals surface area contributed by atoms with E-state index in [-0.39, 0.29) is 6.04 Å². The van der Waals surface area contributed by atoms with Crippen molar-refractivity contribution in [3.8, 4) is 5.75 Å². The van der Waals surface area contributed by atoms with E-state index in [0.29, 0.717) is 0 Å². The van der Waals surface area contributed by atoms with Gasteiger partial charge in [0.2, 0.25) is 0 Å². The van der Waals surface area contributed by atoms with Gasteiger partial charge in [-0.25, -0.2) is 0 Å². The second-order valence-electron chi connectivity index (χ2n) is 3.30. The maximum atomic E-state index is 5.27. The average Bonchev–Trinajstić information content (AvgIpc) is 2.30. The van der Waals surface area contributed by atoms with Crippen molar-refractivity contribution in [1.82, 2.24) is 15.6 Å². The summed E-state index contributed by atoms with van der Waals surface area (Å²) in [6.07, 6.45) is 1.80. The Hall–Kier alpha value is -1.13. The van der Waals surface area contributed by atoms with Gasteiger partial charge in [-0.2, -0.15) is 0 Å². The minimum atomic E-state index is 0.264. The molecule has 0 bridgehead atoms. The van der Waals surface area contributed by atoms with Crippen LogP contribution >= 0.6 is 0 Å². The van der Waals surface area contributed by atoms with Crippen LogP contribution in [0.15, 0.2) is 18.3 Å². The lowest BCUT2D eigenvalue weighted by molar-refractivity contribution is 0.375. The van der Waals surface area contributed by atoms with Crippen LogP contribution in [0.1, 0.15) is 11.7 Å². The van der Waals surface area contributed by atoms with Crippen LogP contribution in [-0.4, -0.2) is 31.7 Å². The van der Waals surface area contributed by atoms with Crippen LogP contribution in [-0.2, 0) is 0 Å². The first-order valence-electron chi connectivity index (χ1n) is 4.85. The first kappa shape index (κ1) is 9.43. The van der Waals surface area contributed by atoms with Crippen LogP contribution in [0.4, 0.5) is 0 Å². The molecule has 1 aliphatic rings. The zero-order chi connectivity index (χ0) is 9.80. The summed E-state index contributed by atoms with van der Waals surface area (Å²) in [7, 11) is 1.68. The van der Waals surface area contributed by atoms with E-state index < -0.39 is 0 Å². The third-order valence-electron chi connectivity index (χ3n) is 2.39. The minimum absolute atomic E-state index is 0.264. The van der Waals surface area contributed by atoms with Gasteiger partial charge in [-0.1, -0.05) is 0 Å². The molecule has 0 aliphatic carbocycles. The average molecular weight is 193 g/mol. The standard InChI is InChI=1S/C10H15N3O/c1-14-9-3-2-4-13-10(9)8-7-11-5-6-12-8/h2-4,8,11-12H,5-7H2,1H3. The molecule has 0 amide bonds. The summed E-state index contributed by atoms with van der Waals surface area (Å²) in [5.41, 5.74) is 0.988. The summed E-state index contributed by atoms with van der Waals surface area (Å²) in [6.45, 7) is 2.91. The highest BCUT2D eigenvalue weighted by atomic mass is 16.5. The van der Waals surface area contributed by atoms with E-state index in [1.54, 1.807) is 13.3 Å². The lowest BCUT2D eigenvalue weighted by atomic mass is 10.1. The highest BCUT2D eigenvalue weighted by molar-refractivity contribution is 5.29. The molecule has 1 atom stereocenters. The summed E-state index contributed by atoms with van der Waals surface area (Å²) in [5.74, 6) is 0.855. The molecule has 1 aromatic heterocycles. The van der Waals surface area contributed by atoms with Crippen LogP contribution < -0.4 is 15.4 Å². The monoisotopic (exact) mass is 193 g/mol. The zero-order valence-corrected chi connectivity index (χ0v) is 8.29. The quantitative estimate of drug-likeness (QED) is 0.710. The smallest absolute Gasteiger partial charge is 0.142 e. The molecular formula is C10H15N3O. The molecule has 2 heterocycles. The van der Waals surface area contributed by atoms with Crippen molar-refractivity contribution in [1.29, 1.82) is 0 Å². The number of hydrogen-bond acceptors (Lipinski definition) is 4. The van der Waals surface area contributed by atoms with Gasteiger partial charge in [-0.3, -0.25) is 4.98 Å². The van der Waals surface area contributed by atoms with Crippen LogP contribution in [0.3, 0.4) is 0 Å². The van der Waals surface area contributed by atoms with Crippen LogP contribution in [0.5, 0.6) is 5.75 Å². The molecule has 2 rings (SSSR count). The van der Waals surface area contributed by atoms with Gasteiger partial charge >= 0.3 is 0 Å². The van der Waals surface area contributed by atoms with Gasteiger partial charge in [0, 0.05) is 25.8 Å². The Morgan fingerprint density at radius 1 is 1.50 bits per heavy atom. The Morgan fingerprint density at radius 2 is 2.43 bits per heavy atom. The third kappa shape index (κ3) is 1.86. The molecule has 1 saturated heterocycles. The summed E-state index contributed by atoms with van der Waals surface area (Å²) in [6, 6.07) is 4.09. The molecule has 4 nitrogen and oxygen atoms in total. The zero-order valence-electron chi connectivity index (χ0n) is 8.29. The van der Waals surface area contributed by atoms with E-state index in [1.165, 1.54) is 0 Å². The highest BCUT2D eigenvalue weighted by Crippen LogP contribution is 2.22. The van der Waals surface area contributed by atoms with E-state index in [0.717, 1.165) is 31.1 Å². The predicted octanol–water partition coefficient (Wildman–Crippen LogP) is 0.324. The second kappa shape index (κ2) is 4.39. The maximum Gasteiger partial charge on any atom is 0.142 e. The molecule has 1 aromatic rings.